The molecule has 1 saturated heterocycles. The van der Waals surface area contributed by atoms with Gasteiger partial charge in [0.2, 0.25) is 0 Å². The normalized spacial score (nSPS) is 18.5. The molecule has 1 fully saturated rings. The van der Waals surface area contributed by atoms with Crippen LogP contribution in [0.15, 0.2) is 0 Å². The number of carbonyl (C=O) groups is 1. The van der Waals surface area contributed by atoms with Crippen molar-refractivity contribution in [1.29, 1.82) is 0 Å². The van der Waals surface area contributed by atoms with Gasteiger partial charge < -0.3 is 19.7 Å². The molecule has 0 aromatic rings. The average molecular weight is 272 g/mol. The molecular formula is C14H28N2O3. The van der Waals surface area contributed by atoms with Crippen LogP contribution < -0.4 is 5.32 Å². The quantitative estimate of drug-likeness (QED) is 0.669. The number of esters is 1. The molecule has 1 unspecified atom stereocenters. The Hall–Kier alpha value is -0.650. The third kappa shape index (κ3) is 5.89. The zero-order valence-electron chi connectivity index (χ0n) is 12.5. The van der Waals surface area contributed by atoms with Crippen molar-refractivity contribution in [3.8, 4) is 0 Å². The summed E-state index contributed by atoms with van der Waals surface area (Å²) in [4.78, 5) is 14.1. The summed E-state index contributed by atoms with van der Waals surface area (Å²) in [5.74, 6) is -0.135. The van der Waals surface area contributed by atoms with E-state index in [1.54, 1.807) is 0 Å². The molecule has 1 rings (SSSR count). The molecular weight excluding hydrogens is 244 g/mol. The number of hydrogen-bond donors (Lipinski definition) is 1. The van der Waals surface area contributed by atoms with Crippen LogP contribution in [0, 0.1) is 0 Å². The summed E-state index contributed by atoms with van der Waals surface area (Å²) < 4.78 is 10.5. The topological polar surface area (TPSA) is 50.8 Å². The fraction of sp³-hybridized carbons (Fsp3) is 0.929. The van der Waals surface area contributed by atoms with E-state index < -0.39 is 0 Å². The molecule has 0 aliphatic carbocycles. The summed E-state index contributed by atoms with van der Waals surface area (Å²) >= 11 is 0. The lowest BCUT2D eigenvalue weighted by atomic mass is 10.1. The van der Waals surface area contributed by atoms with Crippen molar-refractivity contribution >= 4 is 5.97 Å². The molecule has 1 aliphatic heterocycles. The molecule has 0 aromatic heterocycles. The van der Waals surface area contributed by atoms with E-state index >= 15 is 0 Å². The molecule has 0 saturated carbocycles. The first-order valence-electron chi connectivity index (χ1n) is 7.37. The Balaban J connectivity index is 2.34. The lowest BCUT2D eigenvalue weighted by molar-refractivity contribution is -0.146. The molecule has 0 bridgehead atoms. The van der Waals surface area contributed by atoms with E-state index in [0.29, 0.717) is 12.6 Å². The van der Waals surface area contributed by atoms with Crippen LogP contribution >= 0.6 is 0 Å². The van der Waals surface area contributed by atoms with Crippen LogP contribution in [0.2, 0.25) is 0 Å². The van der Waals surface area contributed by atoms with Gasteiger partial charge in [-0.3, -0.25) is 4.79 Å². The van der Waals surface area contributed by atoms with Gasteiger partial charge in [-0.2, -0.15) is 0 Å². The number of rotatable bonds is 8. The predicted molar refractivity (Wildman–Crippen MR) is 75.2 cm³/mol. The van der Waals surface area contributed by atoms with Crippen molar-refractivity contribution in [3.63, 3.8) is 0 Å². The highest BCUT2D eigenvalue weighted by Gasteiger charge is 2.22. The van der Waals surface area contributed by atoms with E-state index in [9.17, 15) is 4.79 Å². The fourth-order valence-electron chi connectivity index (χ4n) is 2.43. The summed E-state index contributed by atoms with van der Waals surface area (Å²) in [6.07, 6.45) is 2.96. The first-order chi connectivity index (χ1) is 9.19. The third-order valence-electron chi connectivity index (χ3n) is 3.61. The maximum absolute atomic E-state index is 11.8. The molecule has 1 aliphatic rings. The van der Waals surface area contributed by atoms with E-state index in [-0.39, 0.29) is 12.0 Å². The van der Waals surface area contributed by atoms with Gasteiger partial charge in [0.15, 0.2) is 0 Å². The second-order valence-electron chi connectivity index (χ2n) is 4.98. The van der Waals surface area contributed by atoms with Gasteiger partial charge in [-0.25, -0.2) is 0 Å². The molecule has 5 heteroatoms. The molecule has 0 spiro atoms. The van der Waals surface area contributed by atoms with Gasteiger partial charge in [-0.1, -0.05) is 6.92 Å². The molecule has 1 heterocycles. The molecule has 0 amide bonds. The highest BCUT2D eigenvalue weighted by Crippen LogP contribution is 2.13. The Bertz CT molecular complexity index is 255. The second kappa shape index (κ2) is 9.28. The molecule has 112 valence electrons. The standard InChI is InChI=1S/C14H28N2O3/c1-4-15-13(14(17)19-5-2)6-9-16(3)12-7-10-18-11-8-12/h12-13,15H,4-11H2,1-3H3. The zero-order valence-corrected chi connectivity index (χ0v) is 12.5. The first kappa shape index (κ1) is 16.4. The SMILES string of the molecule is CCNC(CCN(C)C1CCOCC1)C(=O)OCC. The van der Waals surface area contributed by atoms with Crippen LogP contribution in [0.25, 0.3) is 0 Å². The van der Waals surface area contributed by atoms with Gasteiger partial charge in [0.1, 0.15) is 6.04 Å². The molecule has 0 radical (unpaired) electrons. The zero-order chi connectivity index (χ0) is 14.1. The number of carbonyl (C=O) groups excluding carboxylic acids is 1. The van der Waals surface area contributed by atoms with Gasteiger partial charge in [0, 0.05) is 25.8 Å². The summed E-state index contributed by atoms with van der Waals surface area (Å²) in [6, 6.07) is 0.394. The Labute approximate surface area is 116 Å². The number of ether oxygens (including phenoxy) is 2. The van der Waals surface area contributed by atoms with E-state index in [1.807, 2.05) is 13.8 Å². The summed E-state index contributed by atoms with van der Waals surface area (Å²) in [5, 5.41) is 3.20. The largest absolute Gasteiger partial charge is 0.465 e. The van der Waals surface area contributed by atoms with E-state index in [1.165, 1.54) is 0 Å². The van der Waals surface area contributed by atoms with Crippen molar-refractivity contribution in [2.24, 2.45) is 0 Å². The Kier molecular flexibility index (Phi) is 8.02. The lowest BCUT2D eigenvalue weighted by Gasteiger charge is -2.32. The van der Waals surface area contributed by atoms with Crippen molar-refractivity contribution in [1.82, 2.24) is 10.2 Å². The van der Waals surface area contributed by atoms with Gasteiger partial charge in [0.25, 0.3) is 0 Å². The highest BCUT2D eigenvalue weighted by atomic mass is 16.5. The van der Waals surface area contributed by atoms with Crippen molar-refractivity contribution in [2.45, 2.75) is 45.2 Å². The lowest BCUT2D eigenvalue weighted by Crippen LogP contribution is -2.43. The maximum Gasteiger partial charge on any atom is 0.323 e. The molecule has 0 aromatic carbocycles. The van der Waals surface area contributed by atoms with Crippen LogP contribution in [0.3, 0.4) is 0 Å². The van der Waals surface area contributed by atoms with E-state index in [4.69, 9.17) is 9.47 Å². The minimum absolute atomic E-state index is 0.135. The minimum atomic E-state index is -0.188. The van der Waals surface area contributed by atoms with Crippen LogP contribution in [0.5, 0.6) is 0 Å². The second-order valence-corrected chi connectivity index (χ2v) is 4.98. The van der Waals surface area contributed by atoms with Crippen molar-refractivity contribution in [2.75, 3.05) is 40.0 Å². The Morgan fingerprint density at radius 1 is 1.42 bits per heavy atom. The number of nitrogens with zero attached hydrogens (tertiary/aromatic N) is 1. The maximum atomic E-state index is 11.8. The molecule has 19 heavy (non-hydrogen) atoms. The first-order valence-corrected chi connectivity index (χ1v) is 7.37. The minimum Gasteiger partial charge on any atom is -0.465 e. The van der Waals surface area contributed by atoms with E-state index in [0.717, 1.165) is 45.6 Å². The van der Waals surface area contributed by atoms with Crippen LogP contribution in [0.1, 0.15) is 33.1 Å². The third-order valence-corrected chi connectivity index (χ3v) is 3.61. The van der Waals surface area contributed by atoms with Gasteiger partial charge in [-0.05, 0) is 39.8 Å². The monoisotopic (exact) mass is 272 g/mol. The summed E-state index contributed by atoms with van der Waals surface area (Å²) in [7, 11) is 2.13. The van der Waals surface area contributed by atoms with Crippen molar-refractivity contribution in [3.05, 3.63) is 0 Å². The summed E-state index contributed by atoms with van der Waals surface area (Å²) in [6.45, 7) is 7.68. The van der Waals surface area contributed by atoms with Crippen LogP contribution in [0.4, 0.5) is 0 Å². The predicted octanol–water partition coefficient (Wildman–Crippen LogP) is 1.03. The molecule has 1 atom stereocenters. The smallest absolute Gasteiger partial charge is 0.323 e. The Morgan fingerprint density at radius 3 is 2.68 bits per heavy atom. The fourth-order valence-corrected chi connectivity index (χ4v) is 2.43. The van der Waals surface area contributed by atoms with Gasteiger partial charge in [-0.15, -0.1) is 0 Å². The average Bonchev–Trinajstić information content (AvgIpc) is 2.44. The van der Waals surface area contributed by atoms with Crippen molar-refractivity contribution < 1.29 is 14.3 Å². The van der Waals surface area contributed by atoms with E-state index in [2.05, 4.69) is 17.3 Å². The van der Waals surface area contributed by atoms with Crippen LogP contribution in [-0.4, -0.2) is 62.9 Å². The Morgan fingerprint density at radius 2 is 2.11 bits per heavy atom. The molecule has 1 N–H and O–H groups in total. The van der Waals surface area contributed by atoms with Gasteiger partial charge in [0.05, 0.1) is 6.61 Å². The highest BCUT2D eigenvalue weighted by molar-refractivity contribution is 5.75. The summed E-state index contributed by atoms with van der Waals surface area (Å²) in [5.41, 5.74) is 0. The number of hydrogen-bond acceptors (Lipinski definition) is 5. The van der Waals surface area contributed by atoms with Crippen LogP contribution in [-0.2, 0) is 14.3 Å². The molecule has 5 nitrogen and oxygen atoms in total. The number of nitrogens with one attached hydrogen (secondary N) is 1. The number of likely N-dealkylation sites (N-methyl/N-ethyl adjacent to an activating group) is 1. The van der Waals surface area contributed by atoms with Gasteiger partial charge >= 0.3 is 5.97 Å².